The number of rotatable bonds is 7. The zero-order valence-electron chi connectivity index (χ0n) is 31.1. The Morgan fingerprint density at radius 3 is 1.58 bits per heavy atom. The van der Waals surface area contributed by atoms with Gasteiger partial charge < -0.3 is 9.47 Å². The summed E-state index contributed by atoms with van der Waals surface area (Å²) in [6, 6.07) is 79.2. The summed E-state index contributed by atoms with van der Waals surface area (Å²) in [6.45, 7) is 0. The van der Waals surface area contributed by atoms with Crippen molar-refractivity contribution in [3.05, 3.63) is 218 Å². The molecule has 0 aliphatic rings. The lowest BCUT2D eigenvalue weighted by Crippen LogP contribution is -2.11. The van der Waals surface area contributed by atoms with Crippen LogP contribution in [0.3, 0.4) is 0 Å². The molecule has 3 heteroatoms. The van der Waals surface area contributed by atoms with Crippen LogP contribution in [0.5, 0.6) is 0 Å². The molecule has 0 aliphatic heterocycles. The van der Waals surface area contributed by atoms with Crippen LogP contribution < -0.4 is 4.90 Å². The van der Waals surface area contributed by atoms with E-state index in [1.807, 2.05) is 11.3 Å². The molecule has 0 atom stereocenters. The van der Waals surface area contributed by atoms with Crippen LogP contribution >= 0.6 is 11.3 Å². The fourth-order valence-electron chi connectivity index (χ4n) is 8.59. The van der Waals surface area contributed by atoms with Gasteiger partial charge in [0.15, 0.2) is 0 Å². The summed E-state index contributed by atoms with van der Waals surface area (Å²) in [5.74, 6) is 0. The Bertz CT molecular complexity index is 3170. The first kappa shape index (κ1) is 33.2. The molecule has 2 aromatic heterocycles. The highest BCUT2D eigenvalue weighted by Gasteiger charge is 2.21. The first-order valence-electron chi connectivity index (χ1n) is 19.4. The Morgan fingerprint density at radius 2 is 0.842 bits per heavy atom. The highest BCUT2D eigenvalue weighted by atomic mass is 32.1. The standard InChI is InChI=1S/C54H36N2S/c1-2-15-39(16-3-1)42-17-4-9-23-48(42)55(52-27-14-22-47-46-21-8-13-28-53(46)57-54(47)52)41-35-33-38(34-36-41)37-29-31-40(32-30-37)43-18-5-10-24-49(43)56-50-25-11-6-19-44(50)45-20-7-12-26-51(45)56/h1-36H. The average molecular weight is 745 g/mol. The third kappa shape index (κ3) is 5.63. The van der Waals surface area contributed by atoms with E-state index in [1.165, 1.54) is 86.7 Å². The smallest absolute Gasteiger partial charge is 0.0640 e. The zero-order chi connectivity index (χ0) is 37.7. The second kappa shape index (κ2) is 13.8. The molecule has 2 nitrogen and oxygen atoms in total. The van der Waals surface area contributed by atoms with Crippen molar-refractivity contribution in [3.8, 4) is 39.1 Å². The topological polar surface area (TPSA) is 8.17 Å². The molecular weight excluding hydrogens is 709 g/mol. The highest BCUT2D eigenvalue weighted by molar-refractivity contribution is 7.26. The quantitative estimate of drug-likeness (QED) is 0.158. The molecule has 9 aromatic carbocycles. The molecule has 0 N–H and O–H groups in total. The molecule has 0 bridgehead atoms. The summed E-state index contributed by atoms with van der Waals surface area (Å²) >= 11 is 1.86. The monoisotopic (exact) mass is 744 g/mol. The molecule has 0 saturated heterocycles. The van der Waals surface area contributed by atoms with E-state index in [0.29, 0.717) is 0 Å². The van der Waals surface area contributed by atoms with Crippen LogP contribution in [0.2, 0.25) is 0 Å². The molecule has 2 heterocycles. The number of aromatic nitrogens is 1. The van der Waals surface area contributed by atoms with E-state index < -0.39 is 0 Å². The minimum absolute atomic E-state index is 1.11. The van der Waals surface area contributed by atoms with Crippen LogP contribution in [0.4, 0.5) is 17.1 Å². The van der Waals surface area contributed by atoms with E-state index in [2.05, 4.69) is 228 Å². The number of nitrogens with zero attached hydrogens (tertiary/aromatic N) is 2. The molecule has 0 fully saturated rings. The van der Waals surface area contributed by atoms with Crippen molar-refractivity contribution in [3.63, 3.8) is 0 Å². The fourth-order valence-corrected chi connectivity index (χ4v) is 9.79. The Hall–Kier alpha value is -7.20. The molecule has 0 unspecified atom stereocenters. The van der Waals surface area contributed by atoms with Gasteiger partial charge in [-0.3, -0.25) is 0 Å². The molecule has 0 amide bonds. The van der Waals surface area contributed by atoms with E-state index in [-0.39, 0.29) is 0 Å². The van der Waals surface area contributed by atoms with Gasteiger partial charge in [-0.1, -0.05) is 170 Å². The second-order valence-electron chi connectivity index (χ2n) is 14.5. The van der Waals surface area contributed by atoms with Crippen molar-refractivity contribution in [2.45, 2.75) is 0 Å². The van der Waals surface area contributed by atoms with Crippen molar-refractivity contribution in [1.82, 2.24) is 4.57 Å². The third-order valence-corrected chi connectivity index (χ3v) is 12.4. The van der Waals surface area contributed by atoms with Crippen molar-refractivity contribution < 1.29 is 0 Å². The summed E-state index contributed by atoms with van der Waals surface area (Å²) in [7, 11) is 0. The Kier molecular flexibility index (Phi) is 8.04. The number of thiophene rings is 1. The van der Waals surface area contributed by atoms with Gasteiger partial charge in [-0.15, -0.1) is 11.3 Å². The van der Waals surface area contributed by atoms with Crippen LogP contribution in [0.15, 0.2) is 218 Å². The number of para-hydroxylation sites is 4. The summed E-state index contributed by atoms with van der Waals surface area (Å²) in [6.07, 6.45) is 0. The summed E-state index contributed by atoms with van der Waals surface area (Å²) in [4.78, 5) is 2.44. The second-order valence-corrected chi connectivity index (χ2v) is 15.5. The van der Waals surface area contributed by atoms with Gasteiger partial charge >= 0.3 is 0 Å². The largest absolute Gasteiger partial charge is 0.309 e. The van der Waals surface area contributed by atoms with E-state index >= 15 is 0 Å². The number of benzene rings is 9. The van der Waals surface area contributed by atoms with Crippen LogP contribution in [0.25, 0.3) is 81.0 Å². The fraction of sp³-hybridized carbons (Fsp3) is 0. The van der Waals surface area contributed by atoms with Gasteiger partial charge in [0.1, 0.15) is 0 Å². The number of anilines is 3. The summed E-state index contributed by atoms with van der Waals surface area (Å²) < 4.78 is 4.99. The maximum absolute atomic E-state index is 2.44. The first-order chi connectivity index (χ1) is 28.3. The van der Waals surface area contributed by atoms with Gasteiger partial charge in [0, 0.05) is 43.1 Å². The molecule has 0 radical (unpaired) electrons. The lowest BCUT2D eigenvalue weighted by Gasteiger charge is -2.28. The molecule has 268 valence electrons. The van der Waals surface area contributed by atoms with Crippen LogP contribution in [0, 0.1) is 0 Å². The maximum Gasteiger partial charge on any atom is 0.0640 e. The lowest BCUT2D eigenvalue weighted by atomic mass is 9.98. The SMILES string of the molecule is c1ccc(-c2ccccc2N(c2ccc(-c3ccc(-c4ccccc4-n4c5ccccc5c5ccccc54)cc3)cc2)c2cccc3c2sc2ccccc23)cc1. The Morgan fingerprint density at radius 1 is 0.333 bits per heavy atom. The minimum Gasteiger partial charge on any atom is -0.309 e. The van der Waals surface area contributed by atoms with Crippen molar-refractivity contribution in [2.24, 2.45) is 0 Å². The third-order valence-electron chi connectivity index (χ3n) is 11.2. The number of hydrogen-bond acceptors (Lipinski definition) is 2. The minimum atomic E-state index is 1.11. The molecular formula is C54H36N2S. The maximum atomic E-state index is 2.44. The van der Waals surface area contributed by atoms with Gasteiger partial charge in [0.05, 0.1) is 32.8 Å². The van der Waals surface area contributed by atoms with Crippen LogP contribution in [0.1, 0.15) is 0 Å². The van der Waals surface area contributed by atoms with Crippen LogP contribution in [-0.2, 0) is 0 Å². The Labute approximate surface area is 335 Å². The Balaban J connectivity index is 0.995. The average Bonchev–Trinajstić information content (AvgIpc) is 3.84. The van der Waals surface area contributed by atoms with Gasteiger partial charge in [-0.05, 0) is 70.8 Å². The predicted octanol–water partition coefficient (Wildman–Crippen LogP) is 15.6. The van der Waals surface area contributed by atoms with Crippen molar-refractivity contribution in [1.29, 1.82) is 0 Å². The molecule has 0 aliphatic carbocycles. The van der Waals surface area contributed by atoms with E-state index in [0.717, 1.165) is 11.4 Å². The molecule has 11 aromatic rings. The van der Waals surface area contributed by atoms with Gasteiger partial charge in [-0.2, -0.15) is 0 Å². The first-order valence-corrected chi connectivity index (χ1v) is 20.3. The van der Waals surface area contributed by atoms with E-state index in [1.54, 1.807) is 0 Å². The number of fused-ring (bicyclic) bond motifs is 6. The van der Waals surface area contributed by atoms with Crippen molar-refractivity contribution >= 4 is 70.4 Å². The molecule has 0 saturated carbocycles. The normalized spacial score (nSPS) is 11.5. The van der Waals surface area contributed by atoms with Gasteiger partial charge in [-0.25, -0.2) is 0 Å². The predicted molar refractivity (Wildman–Crippen MR) is 245 cm³/mol. The molecule has 11 rings (SSSR count). The summed E-state index contributed by atoms with van der Waals surface area (Å²) in [5, 5.41) is 5.12. The molecule has 0 spiro atoms. The van der Waals surface area contributed by atoms with Crippen molar-refractivity contribution in [2.75, 3.05) is 4.90 Å². The number of hydrogen-bond donors (Lipinski definition) is 0. The van der Waals surface area contributed by atoms with E-state index in [9.17, 15) is 0 Å². The zero-order valence-corrected chi connectivity index (χ0v) is 31.9. The summed E-state index contributed by atoms with van der Waals surface area (Å²) in [5.41, 5.74) is 14.2. The highest BCUT2D eigenvalue weighted by Crippen LogP contribution is 2.47. The lowest BCUT2D eigenvalue weighted by molar-refractivity contribution is 1.18. The van der Waals surface area contributed by atoms with Gasteiger partial charge in [0.2, 0.25) is 0 Å². The molecule has 57 heavy (non-hydrogen) atoms. The van der Waals surface area contributed by atoms with Crippen LogP contribution in [-0.4, -0.2) is 4.57 Å². The van der Waals surface area contributed by atoms with Gasteiger partial charge in [0.25, 0.3) is 0 Å². The van der Waals surface area contributed by atoms with E-state index in [4.69, 9.17) is 0 Å².